The molecule has 126 valence electrons. The van der Waals surface area contributed by atoms with Gasteiger partial charge in [-0.25, -0.2) is 0 Å². The van der Waals surface area contributed by atoms with Crippen LogP contribution in [-0.2, 0) is 4.84 Å². The molecule has 1 amide bonds. The van der Waals surface area contributed by atoms with Gasteiger partial charge in [0.1, 0.15) is 7.11 Å². The van der Waals surface area contributed by atoms with E-state index in [9.17, 15) is 9.90 Å². The van der Waals surface area contributed by atoms with Crippen molar-refractivity contribution in [3.63, 3.8) is 0 Å². The molecule has 0 aromatic heterocycles. The average Bonchev–Trinajstić information content (AvgIpc) is 2.60. The normalized spacial score (nSPS) is 13.5. The minimum Gasteiger partial charge on any atom is -0.399 e. The maximum absolute atomic E-state index is 12.3. The average molecular weight is 347 g/mol. The molecule has 5 nitrogen and oxygen atoms in total. The zero-order valence-electron chi connectivity index (χ0n) is 13.4. The highest BCUT2D eigenvalue weighted by Crippen LogP contribution is 2.19. The molecule has 0 radical (unpaired) electrons. The van der Waals surface area contributed by atoms with E-state index >= 15 is 0 Å². The van der Waals surface area contributed by atoms with E-state index in [1.54, 1.807) is 61.7 Å². The predicted octanol–water partition coefficient (Wildman–Crippen LogP) is 3.17. The minimum atomic E-state index is -0.820. The molecule has 2 rings (SSSR count). The SMILES string of the molecule is CO/N=C/c1ccc(C(=O)NC(C)C(O)c2ccc(Cl)cc2)cc1. The smallest absolute Gasteiger partial charge is 0.251 e. The second-order valence-electron chi connectivity index (χ2n) is 5.30. The van der Waals surface area contributed by atoms with Gasteiger partial charge >= 0.3 is 0 Å². The number of nitrogens with one attached hydrogen (secondary N) is 1. The molecule has 0 saturated carbocycles. The van der Waals surface area contributed by atoms with Crippen molar-refractivity contribution < 1.29 is 14.7 Å². The van der Waals surface area contributed by atoms with Gasteiger partial charge in [0.2, 0.25) is 0 Å². The fourth-order valence-corrected chi connectivity index (χ4v) is 2.28. The van der Waals surface area contributed by atoms with Crippen LogP contribution in [0.3, 0.4) is 0 Å². The molecule has 0 bridgehead atoms. The Morgan fingerprint density at radius 3 is 2.42 bits per heavy atom. The summed E-state index contributed by atoms with van der Waals surface area (Å²) in [6.45, 7) is 1.75. The van der Waals surface area contributed by atoms with Crippen molar-refractivity contribution in [1.29, 1.82) is 0 Å². The summed E-state index contributed by atoms with van der Waals surface area (Å²) in [5.74, 6) is -0.259. The lowest BCUT2D eigenvalue weighted by atomic mass is 10.0. The third-order valence-corrected chi connectivity index (χ3v) is 3.78. The molecule has 24 heavy (non-hydrogen) atoms. The molecule has 0 heterocycles. The first-order valence-corrected chi connectivity index (χ1v) is 7.80. The van der Waals surface area contributed by atoms with E-state index in [1.165, 1.54) is 7.11 Å². The number of aliphatic hydroxyl groups excluding tert-OH is 1. The van der Waals surface area contributed by atoms with Gasteiger partial charge in [0, 0.05) is 10.6 Å². The number of benzene rings is 2. The Balaban J connectivity index is 2.00. The Hall–Kier alpha value is -2.37. The van der Waals surface area contributed by atoms with E-state index in [1.807, 2.05) is 0 Å². The second-order valence-corrected chi connectivity index (χ2v) is 5.73. The van der Waals surface area contributed by atoms with Crippen LogP contribution in [-0.4, -0.2) is 30.4 Å². The van der Waals surface area contributed by atoms with Gasteiger partial charge in [-0.1, -0.05) is 41.0 Å². The lowest BCUT2D eigenvalue weighted by molar-refractivity contribution is 0.0852. The number of hydrogen-bond donors (Lipinski definition) is 2. The first-order chi connectivity index (χ1) is 11.5. The summed E-state index contributed by atoms with van der Waals surface area (Å²) >= 11 is 5.84. The lowest BCUT2D eigenvalue weighted by Gasteiger charge is -2.20. The van der Waals surface area contributed by atoms with Crippen LogP contribution in [0.25, 0.3) is 0 Å². The summed E-state index contributed by atoms with van der Waals surface area (Å²) in [5.41, 5.74) is 2.01. The van der Waals surface area contributed by atoms with E-state index in [4.69, 9.17) is 11.6 Å². The number of carbonyl (C=O) groups is 1. The zero-order valence-corrected chi connectivity index (χ0v) is 14.2. The van der Waals surface area contributed by atoms with E-state index in [0.29, 0.717) is 16.1 Å². The number of oxime groups is 1. The van der Waals surface area contributed by atoms with Crippen LogP contribution < -0.4 is 5.32 Å². The molecule has 2 N–H and O–H groups in total. The standard InChI is InChI=1S/C18H19ClN2O3/c1-12(17(22)14-7-9-16(19)10-8-14)21-18(23)15-5-3-13(4-6-15)11-20-24-2/h3-12,17,22H,1-2H3,(H,21,23)/b20-11+. The lowest BCUT2D eigenvalue weighted by Crippen LogP contribution is -2.37. The first-order valence-electron chi connectivity index (χ1n) is 7.42. The van der Waals surface area contributed by atoms with E-state index in [2.05, 4.69) is 15.3 Å². The van der Waals surface area contributed by atoms with Crippen molar-refractivity contribution in [2.24, 2.45) is 5.16 Å². The molecule has 0 saturated heterocycles. The van der Waals surface area contributed by atoms with Crippen molar-refractivity contribution in [2.45, 2.75) is 19.1 Å². The van der Waals surface area contributed by atoms with E-state index in [0.717, 1.165) is 5.56 Å². The van der Waals surface area contributed by atoms with Crippen LogP contribution in [0.15, 0.2) is 53.7 Å². The molecular formula is C18H19ClN2O3. The van der Waals surface area contributed by atoms with Gasteiger partial charge in [0.15, 0.2) is 0 Å². The molecule has 0 aliphatic heterocycles. The Bertz CT molecular complexity index is 699. The molecule has 6 heteroatoms. The topological polar surface area (TPSA) is 70.9 Å². The van der Waals surface area contributed by atoms with E-state index < -0.39 is 12.1 Å². The quantitative estimate of drug-likeness (QED) is 0.623. The van der Waals surface area contributed by atoms with Crippen molar-refractivity contribution in [3.8, 4) is 0 Å². The first kappa shape index (κ1) is 18.0. The largest absolute Gasteiger partial charge is 0.399 e. The van der Waals surface area contributed by atoms with Gasteiger partial charge in [-0.05, 0) is 42.3 Å². The molecule has 0 aliphatic rings. The van der Waals surface area contributed by atoms with Gasteiger partial charge in [-0.3, -0.25) is 4.79 Å². The fraction of sp³-hybridized carbons (Fsp3) is 0.222. The number of carbonyl (C=O) groups excluding carboxylic acids is 1. The van der Waals surface area contributed by atoms with Crippen molar-refractivity contribution >= 4 is 23.7 Å². The van der Waals surface area contributed by atoms with Gasteiger partial charge in [-0.2, -0.15) is 0 Å². The van der Waals surface area contributed by atoms with Crippen LogP contribution in [0.4, 0.5) is 0 Å². The number of hydrogen-bond acceptors (Lipinski definition) is 4. The molecule has 0 fully saturated rings. The van der Waals surface area contributed by atoms with Crippen LogP contribution in [0.5, 0.6) is 0 Å². The molecule has 2 unspecified atom stereocenters. The number of rotatable bonds is 6. The Labute approximate surface area is 145 Å². The highest BCUT2D eigenvalue weighted by atomic mass is 35.5. The molecule has 2 aromatic carbocycles. The van der Waals surface area contributed by atoms with E-state index in [-0.39, 0.29) is 5.91 Å². The summed E-state index contributed by atoms with van der Waals surface area (Å²) < 4.78 is 0. The van der Waals surface area contributed by atoms with Gasteiger partial charge in [0.05, 0.1) is 18.4 Å². The molecule has 2 aromatic rings. The number of halogens is 1. The maximum atomic E-state index is 12.3. The highest BCUT2D eigenvalue weighted by Gasteiger charge is 2.19. The summed E-state index contributed by atoms with van der Waals surface area (Å²) in [4.78, 5) is 16.9. The monoisotopic (exact) mass is 346 g/mol. The number of aliphatic hydroxyl groups is 1. The van der Waals surface area contributed by atoms with Crippen LogP contribution in [0.1, 0.15) is 34.5 Å². The summed E-state index contributed by atoms with van der Waals surface area (Å²) in [5, 5.41) is 17.4. The Morgan fingerprint density at radius 1 is 1.21 bits per heavy atom. The van der Waals surface area contributed by atoms with Crippen molar-refractivity contribution in [2.75, 3.05) is 7.11 Å². The molecule has 0 aliphatic carbocycles. The Morgan fingerprint density at radius 2 is 1.83 bits per heavy atom. The fourth-order valence-electron chi connectivity index (χ4n) is 2.15. The van der Waals surface area contributed by atoms with Crippen LogP contribution >= 0.6 is 11.6 Å². The third-order valence-electron chi connectivity index (χ3n) is 3.52. The van der Waals surface area contributed by atoms with Gasteiger partial charge in [-0.15, -0.1) is 0 Å². The van der Waals surface area contributed by atoms with Crippen molar-refractivity contribution in [1.82, 2.24) is 5.32 Å². The van der Waals surface area contributed by atoms with Crippen molar-refractivity contribution in [3.05, 3.63) is 70.2 Å². The van der Waals surface area contributed by atoms with Crippen LogP contribution in [0.2, 0.25) is 5.02 Å². The molecular weight excluding hydrogens is 328 g/mol. The summed E-state index contributed by atoms with van der Waals surface area (Å²) in [7, 11) is 1.46. The number of nitrogens with zero attached hydrogens (tertiary/aromatic N) is 1. The van der Waals surface area contributed by atoms with Gasteiger partial charge in [0.25, 0.3) is 5.91 Å². The maximum Gasteiger partial charge on any atom is 0.251 e. The summed E-state index contributed by atoms with van der Waals surface area (Å²) in [6.07, 6.45) is 0.730. The van der Waals surface area contributed by atoms with Gasteiger partial charge < -0.3 is 15.3 Å². The zero-order chi connectivity index (χ0) is 17.5. The van der Waals surface area contributed by atoms with Crippen LogP contribution in [0, 0.1) is 0 Å². The second kappa shape index (κ2) is 8.47. The third kappa shape index (κ3) is 4.81. The molecule has 0 spiro atoms. The minimum absolute atomic E-state index is 0.259. The Kier molecular flexibility index (Phi) is 6.35. The predicted molar refractivity (Wildman–Crippen MR) is 94.4 cm³/mol. The summed E-state index contributed by atoms with van der Waals surface area (Å²) in [6, 6.07) is 13.3. The molecule has 2 atom stereocenters. The highest BCUT2D eigenvalue weighted by molar-refractivity contribution is 6.30. The number of amides is 1.